The Labute approximate surface area is 145 Å². The van der Waals surface area contributed by atoms with Crippen LogP contribution in [0.25, 0.3) is 11.3 Å². The highest BCUT2D eigenvalue weighted by atomic mass is 35.5. The third-order valence-corrected chi connectivity index (χ3v) is 3.16. The minimum Gasteiger partial charge on any atom is -0.383 e. The lowest BCUT2D eigenvalue weighted by Gasteiger charge is -2.04. The molecule has 2 aromatic rings. The average Bonchev–Trinajstić information content (AvgIpc) is 3.00. The number of halogens is 2. The highest BCUT2D eigenvalue weighted by molar-refractivity contribution is 6.30. The molecule has 0 aliphatic carbocycles. The van der Waals surface area contributed by atoms with E-state index in [1.807, 2.05) is 12.1 Å². The monoisotopic (exact) mass is 359 g/mol. The largest absolute Gasteiger partial charge is 0.383 e. The Kier molecular flexibility index (Phi) is 8.65. The quantitative estimate of drug-likeness (QED) is 0.707. The number of nitrogens with zero attached hydrogens (tertiary/aromatic N) is 1. The molecular weight excluding hydrogens is 341 g/mol. The molecule has 1 amide bonds. The van der Waals surface area contributed by atoms with Crippen LogP contribution in [0.5, 0.6) is 0 Å². The fourth-order valence-corrected chi connectivity index (χ4v) is 2.00. The van der Waals surface area contributed by atoms with Gasteiger partial charge in [-0.25, -0.2) is 0 Å². The second-order valence-corrected chi connectivity index (χ2v) is 5.02. The predicted octanol–water partition coefficient (Wildman–Crippen LogP) is 2.38. The van der Waals surface area contributed by atoms with E-state index in [1.165, 1.54) is 0 Å². The van der Waals surface area contributed by atoms with Gasteiger partial charge >= 0.3 is 0 Å². The zero-order valence-corrected chi connectivity index (χ0v) is 14.2. The van der Waals surface area contributed by atoms with Crippen LogP contribution in [0.15, 0.2) is 34.9 Å². The Morgan fingerprint density at radius 2 is 2.13 bits per heavy atom. The normalized spacial score (nSPS) is 10.2. The van der Waals surface area contributed by atoms with Crippen molar-refractivity contribution in [3.63, 3.8) is 0 Å². The predicted molar refractivity (Wildman–Crippen MR) is 91.3 cm³/mol. The molecule has 0 atom stereocenters. The minimum atomic E-state index is -0.273. The van der Waals surface area contributed by atoms with E-state index in [-0.39, 0.29) is 24.0 Å². The zero-order chi connectivity index (χ0) is 15.8. The first-order chi connectivity index (χ1) is 10.7. The van der Waals surface area contributed by atoms with Gasteiger partial charge in [0.05, 0.1) is 6.61 Å². The number of benzene rings is 1. The van der Waals surface area contributed by atoms with Crippen molar-refractivity contribution < 1.29 is 14.1 Å². The standard InChI is InChI=1S/C15H18ClN3O3.ClH/c1-21-8-7-17-5-6-18-15(20)13-10-14(22-19-13)11-3-2-4-12(16)9-11;/h2-4,9-10,17H,5-8H2,1H3,(H,18,20);1H. The highest BCUT2D eigenvalue weighted by Crippen LogP contribution is 2.23. The number of carbonyl (C=O) groups is 1. The van der Waals surface area contributed by atoms with Gasteiger partial charge in [0, 0.05) is 43.4 Å². The van der Waals surface area contributed by atoms with Gasteiger partial charge in [0.15, 0.2) is 11.5 Å². The molecule has 23 heavy (non-hydrogen) atoms. The molecule has 1 heterocycles. The van der Waals surface area contributed by atoms with Crippen LogP contribution < -0.4 is 10.6 Å². The summed E-state index contributed by atoms with van der Waals surface area (Å²) in [6.07, 6.45) is 0. The summed E-state index contributed by atoms with van der Waals surface area (Å²) in [5.74, 6) is 0.233. The molecule has 2 N–H and O–H groups in total. The first-order valence-electron chi connectivity index (χ1n) is 6.91. The fraction of sp³-hybridized carbons (Fsp3) is 0.333. The first-order valence-corrected chi connectivity index (χ1v) is 7.29. The number of hydrogen-bond acceptors (Lipinski definition) is 5. The van der Waals surface area contributed by atoms with Gasteiger partial charge in [0.25, 0.3) is 5.91 Å². The number of aromatic nitrogens is 1. The smallest absolute Gasteiger partial charge is 0.273 e. The summed E-state index contributed by atoms with van der Waals surface area (Å²) in [6.45, 7) is 2.55. The van der Waals surface area contributed by atoms with E-state index in [4.69, 9.17) is 20.9 Å². The molecule has 0 bridgehead atoms. The van der Waals surface area contributed by atoms with E-state index in [0.29, 0.717) is 30.5 Å². The Balaban J connectivity index is 0.00000264. The van der Waals surface area contributed by atoms with E-state index in [1.54, 1.807) is 25.3 Å². The molecule has 0 saturated carbocycles. The number of ether oxygens (including phenoxy) is 1. The molecular formula is C15H19Cl2N3O3. The SMILES string of the molecule is COCCNCCNC(=O)c1cc(-c2cccc(Cl)c2)on1.Cl. The van der Waals surface area contributed by atoms with Crippen LogP contribution in [0.4, 0.5) is 0 Å². The summed E-state index contributed by atoms with van der Waals surface area (Å²) >= 11 is 5.93. The molecule has 0 saturated heterocycles. The molecule has 2 rings (SSSR count). The highest BCUT2D eigenvalue weighted by Gasteiger charge is 2.13. The minimum absolute atomic E-state index is 0. The molecule has 1 aromatic carbocycles. The molecule has 6 nitrogen and oxygen atoms in total. The molecule has 0 fully saturated rings. The fourth-order valence-electron chi connectivity index (χ4n) is 1.81. The lowest BCUT2D eigenvalue weighted by atomic mass is 10.1. The van der Waals surface area contributed by atoms with Gasteiger partial charge in [-0.15, -0.1) is 12.4 Å². The number of rotatable bonds is 8. The van der Waals surface area contributed by atoms with Crippen LogP contribution in [0, 0.1) is 0 Å². The molecule has 1 aromatic heterocycles. The van der Waals surface area contributed by atoms with Gasteiger partial charge in [-0.1, -0.05) is 28.9 Å². The van der Waals surface area contributed by atoms with Crippen molar-refractivity contribution >= 4 is 29.9 Å². The summed E-state index contributed by atoms with van der Waals surface area (Å²) < 4.78 is 10.1. The summed E-state index contributed by atoms with van der Waals surface area (Å²) in [6, 6.07) is 8.77. The van der Waals surface area contributed by atoms with Crippen molar-refractivity contribution in [3.8, 4) is 11.3 Å². The Morgan fingerprint density at radius 1 is 1.30 bits per heavy atom. The summed E-state index contributed by atoms with van der Waals surface area (Å²) in [5.41, 5.74) is 1.02. The zero-order valence-electron chi connectivity index (χ0n) is 12.7. The van der Waals surface area contributed by atoms with E-state index >= 15 is 0 Å². The van der Waals surface area contributed by atoms with Gasteiger partial charge in [-0.2, -0.15) is 0 Å². The Morgan fingerprint density at radius 3 is 2.87 bits per heavy atom. The van der Waals surface area contributed by atoms with Gasteiger partial charge in [-0.3, -0.25) is 4.79 Å². The van der Waals surface area contributed by atoms with Crippen molar-refractivity contribution in [1.29, 1.82) is 0 Å². The second kappa shape index (κ2) is 10.2. The summed E-state index contributed by atoms with van der Waals surface area (Å²) in [7, 11) is 1.64. The summed E-state index contributed by atoms with van der Waals surface area (Å²) in [4.78, 5) is 11.9. The third-order valence-electron chi connectivity index (χ3n) is 2.92. The van der Waals surface area contributed by atoms with Crippen molar-refractivity contribution in [2.45, 2.75) is 0 Å². The second-order valence-electron chi connectivity index (χ2n) is 4.59. The van der Waals surface area contributed by atoms with Crippen LogP contribution in [0.2, 0.25) is 5.02 Å². The number of amides is 1. The third kappa shape index (κ3) is 6.19. The molecule has 0 aliphatic rings. The van der Waals surface area contributed by atoms with Gasteiger partial charge in [0.2, 0.25) is 0 Å². The maximum atomic E-state index is 11.9. The van der Waals surface area contributed by atoms with Crippen LogP contribution in [0.3, 0.4) is 0 Å². The van der Waals surface area contributed by atoms with E-state index in [0.717, 1.165) is 12.1 Å². The lowest BCUT2D eigenvalue weighted by Crippen LogP contribution is -2.33. The topological polar surface area (TPSA) is 76.4 Å². The van der Waals surface area contributed by atoms with Gasteiger partial charge in [0.1, 0.15) is 0 Å². The van der Waals surface area contributed by atoms with Gasteiger partial charge < -0.3 is 19.9 Å². The van der Waals surface area contributed by atoms with Crippen LogP contribution in [-0.2, 0) is 4.74 Å². The molecule has 126 valence electrons. The van der Waals surface area contributed by atoms with E-state index in [2.05, 4.69) is 15.8 Å². The Hall–Kier alpha value is -1.60. The van der Waals surface area contributed by atoms with Crippen LogP contribution in [0.1, 0.15) is 10.5 Å². The number of methoxy groups -OCH3 is 1. The Bertz CT molecular complexity index is 620. The number of carbonyl (C=O) groups excluding carboxylic acids is 1. The maximum Gasteiger partial charge on any atom is 0.273 e. The van der Waals surface area contributed by atoms with Crippen molar-refractivity contribution in [2.24, 2.45) is 0 Å². The average molecular weight is 360 g/mol. The molecule has 0 radical (unpaired) electrons. The summed E-state index contributed by atoms with van der Waals surface area (Å²) in [5, 5.41) is 10.3. The first kappa shape index (κ1) is 19.4. The van der Waals surface area contributed by atoms with Crippen molar-refractivity contribution in [1.82, 2.24) is 15.8 Å². The number of nitrogens with one attached hydrogen (secondary N) is 2. The van der Waals surface area contributed by atoms with Crippen LogP contribution >= 0.6 is 24.0 Å². The molecule has 0 aliphatic heterocycles. The molecule has 8 heteroatoms. The van der Waals surface area contributed by atoms with Crippen molar-refractivity contribution in [3.05, 3.63) is 41.0 Å². The maximum absolute atomic E-state index is 11.9. The van der Waals surface area contributed by atoms with Gasteiger partial charge in [-0.05, 0) is 12.1 Å². The van der Waals surface area contributed by atoms with E-state index < -0.39 is 0 Å². The molecule has 0 unspecified atom stereocenters. The van der Waals surface area contributed by atoms with E-state index in [9.17, 15) is 4.79 Å². The van der Waals surface area contributed by atoms with Crippen molar-refractivity contribution in [2.75, 3.05) is 33.4 Å². The lowest BCUT2D eigenvalue weighted by molar-refractivity contribution is 0.0944. The molecule has 0 spiro atoms. The van der Waals surface area contributed by atoms with Crippen LogP contribution in [-0.4, -0.2) is 44.4 Å². The number of hydrogen-bond donors (Lipinski definition) is 2.